The summed E-state index contributed by atoms with van der Waals surface area (Å²) in [5.41, 5.74) is 6.45. The van der Waals surface area contributed by atoms with Crippen LogP contribution < -0.4 is 11.1 Å². The minimum atomic E-state index is 0.311. The minimum Gasteiger partial charge on any atom is -0.381 e. The normalized spacial score (nSPS) is 17.9. The van der Waals surface area contributed by atoms with E-state index < -0.39 is 0 Å². The first-order valence-electron chi connectivity index (χ1n) is 5.24. The number of rotatable bonds is 2. The highest BCUT2D eigenvalue weighted by Gasteiger charge is 2.14. The molecule has 0 aromatic carbocycles. The molecule has 3 N–H and O–H groups in total. The number of hydrogen-bond acceptors (Lipinski definition) is 4. The van der Waals surface area contributed by atoms with Gasteiger partial charge < -0.3 is 11.1 Å². The second-order valence-corrected chi connectivity index (χ2v) is 4.37. The zero-order chi connectivity index (χ0) is 10.7. The van der Waals surface area contributed by atoms with Crippen molar-refractivity contribution < 1.29 is 0 Å². The van der Waals surface area contributed by atoms with Crippen molar-refractivity contribution >= 4 is 17.4 Å². The number of anilines is 1. The van der Waals surface area contributed by atoms with Crippen molar-refractivity contribution in [1.29, 1.82) is 0 Å². The van der Waals surface area contributed by atoms with Crippen LogP contribution in [0.3, 0.4) is 0 Å². The Balaban J connectivity index is 2.00. The van der Waals surface area contributed by atoms with E-state index in [0.29, 0.717) is 16.8 Å². The molecule has 2 heterocycles. The lowest BCUT2D eigenvalue weighted by molar-refractivity contribution is 0.369. The number of piperidine rings is 1. The lowest BCUT2D eigenvalue weighted by Crippen LogP contribution is -2.28. The maximum absolute atomic E-state index is 5.89. The van der Waals surface area contributed by atoms with Gasteiger partial charge in [0, 0.05) is 0 Å². The van der Waals surface area contributed by atoms with Crippen LogP contribution in [-0.4, -0.2) is 23.3 Å². The van der Waals surface area contributed by atoms with Crippen molar-refractivity contribution in [3.63, 3.8) is 0 Å². The van der Waals surface area contributed by atoms with E-state index in [2.05, 4.69) is 15.5 Å². The Morgan fingerprint density at radius 2 is 2.13 bits per heavy atom. The molecule has 82 valence electrons. The number of nitrogens with one attached hydrogen (secondary N) is 1. The Kier molecular flexibility index (Phi) is 3.38. The summed E-state index contributed by atoms with van der Waals surface area (Å²) in [5.74, 6) is 1.01. The molecule has 4 nitrogen and oxygen atoms in total. The molecule has 0 atom stereocenters. The number of nitrogens with two attached hydrogens (primary N) is 1. The molecular formula is C10H15ClN4. The first kappa shape index (κ1) is 10.6. The van der Waals surface area contributed by atoms with E-state index in [0.717, 1.165) is 25.2 Å². The van der Waals surface area contributed by atoms with Gasteiger partial charge in [0.05, 0.1) is 10.7 Å². The summed E-state index contributed by atoms with van der Waals surface area (Å²) in [6.07, 6.45) is 3.35. The van der Waals surface area contributed by atoms with Crippen LogP contribution in [0.1, 0.15) is 18.5 Å². The van der Waals surface area contributed by atoms with Crippen molar-refractivity contribution in [2.75, 3.05) is 18.8 Å². The molecule has 1 aromatic heterocycles. The molecule has 1 aromatic rings. The molecule has 0 radical (unpaired) electrons. The molecule has 0 amide bonds. The Morgan fingerprint density at radius 1 is 1.40 bits per heavy atom. The average molecular weight is 227 g/mol. The van der Waals surface area contributed by atoms with E-state index in [4.69, 9.17) is 17.3 Å². The molecule has 1 aliphatic heterocycles. The summed E-state index contributed by atoms with van der Waals surface area (Å²) in [4.78, 5) is 0. The van der Waals surface area contributed by atoms with E-state index >= 15 is 0 Å². The van der Waals surface area contributed by atoms with Gasteiger partial charge in [-0.25, -0.2) is 0 Å². The fourth-order valence-electron chi connectivity index (χ4n) is 1.90. The maximum atomic E-state index is 5.89. The van der Waals surface area contributed by atoms with Gasteiger partial charge in [-0.1, -0.05) is 11.6 Å². The van der Waals surface area contributed by atoms with E-state index in [-0.39, 0.29) is 0 Å². The molecular weight excluding hydrogens is 212 g/mol. The zero-order valence-corrected chi connectivity index (χ0v) is 9.30. The lowest BCUT2D eigenvalue weighted by Gasteiger charge is -2.21. The van der Waals surface area contributed by atoms with Crippen molar-refractivity contribution in [3.05, 3.63) is 16.8 Å². The molecule has 0 unspecified atom stereocenters. The molecule has 2 rings (SSSR count). The third-order valence-electron chi connectivity index (χ3n) is 2.78. The number of aromatic nitrogens is 2. The van der Waals surface area contributed by atoms with Gasteiger partial charge in [-0.05, 0) is 44.3 Å². The van der Waals surface area contributed by atoms with Crippen LogP contribution in [0.15, 0.2) is 6.07 Å². The molecule has 0 spiro atoms. The van der Waals surface area contributed by atoms with Crippen LogP contribution in [0.25, 0.3) is 0 Å². The van der Waals surface area contributed by atoms with Gasteiger partial charge in [0.15, 0.2) is 5.82 Å². The highest BCUT2D eigenvalue weighted by Crippen LogP contribution is 2.20. The molecule has 0 aliphatic carbocycles. The van der Waals surface area contributed by atoms with E-state index in [9.17, 15) is 0 Å². The van der Waals surface area contributed by atoms with Crippen molar-refractivity contribution in [1.82, 2.24) is 15.5 Å². The van der Waals surface area contributed by atoms with Gasteiger partial charge in [-0.3, -0.25) is 0 Å². The van der Waals surface area contributed by atoms with Crippen molar-refractivity contribution in [2.45, 2.75) is 19.3 Å². The van der Waals surface area contributed by atoms with Gasteiger partial charge in [-0.2, -0.15) is 5.10 Å². The van der Waals surface area contributed by atoms with Crippen LogP contribution in [0.4, 0.5) is 5.82 Å². The van der Waals surface area contributed by atoms with E-state index in [1.165, 1.54) is 12.8 Å². The highest BCUT2D eigenvalue weighted by molar-refractivity contribution is 6.32. The van der Waals surface area contributed by atoms with Crippen LogP contribution in [0.2, 0.25) is 5.02 Å². The predicted molar refractivity (Wildman–Crippen MR) is 60.8 cm³/mol. The van der Waals surface area contributed by atoms with Gasteiger partial charge in [0.25, 0.3) is 0 Å². The lowest BCUT2D eigenvalue weighted by atomic mass is 9.93. The van der Waals surface area contributed by atoms with E-state index in [1.807, 2.05) is 6.07 Å². The summed E-state index contributed by atoms with van der Waals surface area (Å²) >= 11 is 5.89. The van der Waals surface area contributed by atoms with Crippen LogP contribution in [0.5, 0.6) is 0 Å². The number of halogens is 1. The van der Waals surface area contributed by atoms with Crippen LogP contribution in [-0.2, 0) is 6.42 Å². The predicted octanol–water partition coefficient (Wildman–Crippen LogP) is 1.25. The number of nitrogen functional groups attached to an aromatic ring is 1. The highest BCUT2D eigenvalue weighted by atomic mass is 35.5. The first-order chi connectivity index (χ1) is 7.25. The molecule has 0 bridgehead atoms. The third kappa shape index (κ3) is 2.79. The summed E-state index contributed by atoms with van der Waals surface area (Å²) in [5, 5.41) is 11.7. The Hall–Kier alpha value is -0.870. The minimum absolute atomic E-state index is 0.311. The summed E-state index contributed by atoms with van der Waals surface area (Å²) in [6, 6.07) is 1.83. The fraction of sp³-hybridized carbons (Fsp3) is 0.600. The van der Waals surface area contributed by atoms with Gasteiger partial charge in [-0.15, -0.1) is 5.10 Å². The second-order valence-electron chi connectivity index (χ2n) is 3.97. The van der Waals surface area contributed by atoms with Gasteiger partial charge >= 0.3 is 0 Å². The standard InChI is InChI=1S/C10H15ClN4/c11-9-6-8(14-15-10(9)12)5-7-1-3-13-4-2-7/h6-7,13H,1-5H2,(H2,12,15). The van der Waals surface area contributed by atoms with E-state index in [1.54, 1.807) is 0 Å². The first-order valence-corrected chi connectivity index (χ1v) is 5.62. The number of nitrogens with zero attached hydrogens (tertiary/aromatic N) is 2. The maximum Gasteiger partial charge on any atom is 0.164 e. The zero-order valence-electron chi connectivity index (χ0n) is 8.54. The van der Waals surface area contributed by atoms with Crippen LogP contribution in [0, 0.1) is 5.92 Å². The summed E-state index contributed by atoms with van der Waals surface area (Å²) in [7, 11) is 0. The summed E-state index contributed by atoms with van der Waals surface area (Å²) in [6.45, 7) is 2.20. The molecule has 1 fully saturated rings. The molecule has 5 heteroatoms. The molecule has 0 saturated carbocycles. The molecule has 1 aliphatic rings. The van der Waals surface area contributed by atoms with Gasteiger partial charge in [0.2, 0.25) is 0 Å². The monoisotopic (exact) mass is 226 g/mol. The van der Waals surface area contributed by atoms with Gasteiger partial charge in [0.1, 0.15) is 0 Å². The second kappa shape index (κ2) is 4.77. The smallest absolute Gasteiger partial charge is 0.164 e. The topological polar surface area (TPSA) is 63.8 Å². The average Bonchev–Trinajstić information content (AvgIpc) is 2.25. The fourth-order valence-corrected chi connectivity index (χ4v) is 2.06. The third-order valence-corrected chi connectivity index (χ3v) is 3.08. The Labute approximate surface area is 94.2 Å². The molecule has 15 heavy (non-hydrogen) atoms. The summed E-state index contributed by atoms with van der Waals surface area (Å²) < 4.78 is 0. The quantitative estimate of drug-likeness (QED) is 0.797. The van der Waals surface area contributed by atoms with Crippen molar-refractivity contribution in [3.8, 4) is 0 Å². The van der Waals surface area contributed by atoms with Crippen molar-refractivity contribution in [2.24, 2.45) is 5.92 Å². The Morgan fingerprint density at radius 3 is 2.80 bits per heavy atom. The Bertz CT molecular complexity index is 336. The number of hydrogen-bond donors (Lipinski definition) is 2. The molecule has 1 saturated heterocycles. The SMILES string of the molecule is Nc1nnc(CC2CCNCC2)cc1Cl. The largest absolute Gasteiger partial charge is 0.381 e. The van der Waals surface area contributed by atoms with Crippen LogP contribution >= 0.6 is 11.6 Å².